The van der Waals surface area contributed by atoms with Crippen LogP contribution in [0.5, 0.6) is 0 Å². The number of nitriles is 1. The number of hydrogen-bond donors (Lipinski definition) is 2. The van der Waals surface area contributed by atoms with Crippen LogP contribution in [0.3, 0.4) is 0 Å². The highest BCUT2D eigenvalue weighted by molar-refractivity contribution is 7.17. The Labute approximate surface area is 122 Å². The third kappa shape index (κ3) is 3.05. The van der Waals surface area contributed by atoms with Crippen molar-refractivity contribution in [3.8, 4) is 6.07 Å². The lowest BCUT2D eigenvalue weighted by atomic mass is 10.1. The first-order valence-corrected chi connectivity index (χ1v) is 7.72. The molecule has 0 bridgehead atoms. The highest BCUT2D eigenvalue weighted by atomic mass is 32.1. The molecule has 1 saturated carbocycles. The number of esters is 1. The van der Waals surface area contributed by atoms with E-state index in [-0.39, 0.29) is 12.3 Å². The molecule has 0 saturated heterocycles. The first kappa shape index (κ1) is 14.7. The third-order valence-electron chi connectivity index (χ3n) is 3.55. The van der Waals surface area contributed by atoms with Gasteiger partial charge in [0, 0.05) is 6.54 Å². The Bertz CT molecular complexity index is 527. The van der Waals surface area contributed by atoms with Crippen molar-refractivity contribution >= 4 is 28.0 Å². The van der Waals surface area contributed by atoms with E-state index < -0.39 is 5.97 Å². The monoisotopic (exact) mass is 293 g/mol. The summed E-state index contributed by atoms with van der Waals surface area (Å²) < 4.78 is 5.02. The fourth-order valence-electron chi connectivity index (χ4n) is 2.51. The van der Waals surface area contributed by atoms with Gasteiger partial charge in [-0.1, -0.05) is 12.8 Å². The fourth-order valence-corrected chi connectivity index (χ4v) is 3.42. The molecular formula is C14H19N3O2S. The molecule has 0 amide bonds. The van der Waals surface area contributed by atoms with Crippen LogP contribution in [0.1, 0.15) is 47.8 Å². The van der Waals surface area contributed by atoms with E-state index in [0.717, 1.165) is 6.54 Å². The van der Waals surface area contributed by atoms with Gasteiger partial charge in [-0.3, -0.25) is 0 Å². The number of ether oxygens (including phenoxy) is 1. The van der Waals surface area contributed by atoms with E-state index in [0.29, 0.717) is 21.4 Å². The lowest BCUT2D eigenvalue weighted by Gasteiger charge is -2.11. The summed E-state index contributed by atoms with van der Waals surface area (Å²) in [4.78, 5) is 12.3. The minimum absolute atomic E-state index is 0.227. The SMILES string of the molecule is CCOC(=O)c1c(NCC2CCCC2)sc(C#N)c1N. The van der Waals surface area contributed by atoms with E-state index in [1.54, 1.807) is 6.92 Å². The highest BCUT2D eigenvalue weighted by Gasteiger charge is 2.24. The lowest BCUT2D eigenvalue weighted by molar-refractivity contribution is 0.0529. The number of carbonyl (C=O) groups excluding carboxylic acids is 1. The van der Waals surface area contributed by atoms with Crippen LogP contribution in [0.25, 0.3) is 0 Å². The molecule has 108 valence electrons. The first-order valence-electron chi connectivity index (χ1n) is 6.90. The lowest BCUT2D eigenvalue weighted by Crippen LogP contribution is -2.14. The van der Waals surface area contributed by atoms with Gasteiger partial charge in [0.25, 0.3) is 0 Å². The van der Waals surface area contributed by atoms with Crippen LogP contribution in [0.15, 0.2) is 0 Å². The topological polar surface area (TPSA) is 88.1 Å². The maximum absolute atomic E-state index is 12.0. The zero-order chi connectivity index (χ0) is 14.5. The molecule has 5 nitrogen and oxygen atoms in total. The predicted octanol–water partition coefficient (Wildman–Crippen LogP) is 2.98. The molecule has 1 heterocycles. The number of carbonyl (C=O) groups is 1. The summed E-state index contributed by atoms with van der Waals surface area (Å²) in [7, 11) is 0. The number of nitrogens with two attached hydrogens (primary N) is 1. The van der Waals surface area contributed by atoms with Crippen molar-refractivity contribution in [2.24, 2.45) is 5.92 Å². The number of nitrogens with one attached hydrogen (secondary N) is 1. The largest absolute Gasteiger partial charge is 0.462 e. The maximum Gasteiger partial charge on any atom is 0.343 e. The Morgan fingerprint density at radius 2 is 2.25 bits per heavy atom. The molecule has 0 spiro atoms. The molecule has 0 atom stereocenters. The maximum atomic E-state index is 12.0. The Kier molecular flexibility index (Phi) is 4.85. The molecule has 1 aliphatic carbocycles. The van der Waals surface area contributed by atoms with Crippen molar-refractivity contribution in [3.05, 3.63) is 10.4 Å². The number of nitrogen functional groups attached to an aromatic ring is 1. The summed E-state index contributed by atoms with van der Waals surface area (Å²) in [6.07, 6.45) is 4.97. The van der Waals surface area contributed by atoms with Crippen molar-refractivity contribution in [3.63, 3.8) is 0 Å². The highest BCUT2D eigenvalue weighted by Crippen LogP contribution is 2.36. The molecule has 1 aromatic heterocycles. The molecule has 6 heteroatoms. The molecule has 0 unspecified atom stereocenters. The van der Waals surface area contributed by atoms with Crippen LogP contribution in [-0.2, 0) is 4.74 Å². The fraction of sp³-hybridized carbons (Fsp3) is 0.571. The van der Waals surface area contributed by atoms with Gasteiger partial charge in [0.2, 0.25) is 0 Å². The molecule has 1 fully saturated rings. The van der Waals surface area contributed by atoms with Gasteiger partial charge in [-0.15, -0.1) is 11.3 Å². The number of rotatable bonds is 5. The van der Waals surface area contributed by atoms with E-state index in [1.807, 2.05) is 6.07 Å². The first-order chi connectivity index (χ1) is 9.67. The van der Waals surface area contributed by atoms with Crippen LogP contribution >= 0.6 is 11.3 Å². The molecule has 1 aliphatic rings. The minimum Gasteiger partial charge on any atom is -0.462 e. The van der Waals surface area contributed by atoms with Gasteiger partial charge in [-0.2, -0.15) is 5.26 Å². The van der Waals surface area contributed by atoms with Crippen molar-refractivity contribution in [1.82, 2.24) is 0 Å². The van der Waals surface area contributed by atoms with E-state index in [4.69, 9.17) is 15.7 Å². The molecule has 2 rings (SSSR count). The zero-order valence-corrected chi connectivity index (χ0v) is 12.4. The standard InChI is InChI=1S/C14H19N3O2S/c1-2-19-14(18)11-12(16)10(7-15)20-13(11)17-8-9-5-3-4-6-9/h9,17H,2-6,8,16H2,1H3. The van der Waals surface area contributed by atoms with Gasteiger partial charge < -0.3 is 15.8 Å². The normalized spacial score (nSPS) is 15.0. The van der Waals surface area contributed by atoms with Gasteiger partial charge in [-0.05, 0) is 25.7 Å². The van der Waals surface area contributed by atoms with Gasteiger partial charge >= 0.3 is 5.97 Å². The second kappa shape index (κ2) is 6.62. The Morgan fingerprint density at radius 1 is 1.55 bits per heavy atom. The Morgan fingerprint density at radius 3 is 2.85 bits per heavy atom. The van der Waals surface area contributed by atoms with Crippen molar-refractivity contribution < 1.29 is 9.53 Å². The molecule has 0 aromatic carbocycles. The Balaban J connectivity index is 2.17. The minimum atomic E-state index is -0.461. The van der Waals surface area contributed by atoms with Crippen molar-refractivity contribution in [1.29, 1.82) is 5.26 Å². The number of hydrogen-bond acceptors (Lipinski definition) is 6. The average molecular weight is 293 g/mol. The second-order valence-electron chi connectivity index (χ2n) is 4.91. The summed E-state index contributed by atoms with van der Waals surface area (Å²) in [5.74, 6) is 0.176. The van der Waals surface area contributed by atoms with E-state index in [2.05, 4.69) is 5.32 Å². The van der Waals surface area contributed by atoms with E-state index in [1.165, 1.54) is 37.0 Å². The summed E-state index contributed by atoms with van der Waals surface area (Å²) in [5, 5.41) is 13.0. The number of nitrogens with zero attached hydrogens (tertiary/aromatic N) is 1. The molecule has 0 radical (unpaired) electrons. The molecule has 1 aromatic rings. The van der Waals surface area contributed by atoms with Crippen LogP contribution in [0, 0.1) is 17.2 Å². The van der Waals surface area contributed by atoms with Crippen LogP contribution in [0.2, 0.25) is 0 Å². The second-order valence-corrected chi connectivity index (χ2v) is 5.93. The van der Waals surface area contributed by atoms with Gasteiger partial charge in [0.05, 0.1) is 12.3 Å². The summed E-state index contributed by atoms with van der Waals surface area (Å²) in [5.41, 5.74) is 6.41. The predicted molar refractivity (Wildman–Crippen MR) is 79.9 cm³/mol. The molecule has 3 N–H and O–H groups in total. The molecule has 0 aliphatic heterocycles. The van der Waals surface area contributed by atoms with Crippen LogP contribution < -0.4 is 11.1 Å². The molecule has 20 heavy (non-hydrogen) atoms. The van der Waals surface area contributed by atoms with Crippen molar-refractivity contribution in [2.45, 2.75) is 32.6 Å². The van der Waals surface area contributed by atoms with E-state index >= 15 is 0 Å². The van der Waals surface area contributed by atoms with Crippen LogP contribution in [-0.4, -0.2) is 19.1 Å². The smallest absolute Gasteiger partial charge is 0.343 e. The average Bonchev–Trinajstić information content (AvgIpc) is 3.04. The summed E-state index contributed by atoms with van der Waals surface area (Å²) >= 11 is 1.23. The summed E-state index contributed by atoms with van der Waals surface area (Å²) in [6, 6.07) is 2.03. The third-order valence-corrected chi connectivity index (χ3v) is 4.62. The number of anilines is 2. The van der Waals surface area contributed by atoms with Crippen molar-refractivity contribution in [2.75, 3.05) is 24.2 Å². The molecular weight excluding hydrogens is 274 g/mol. The quantitative estimate of drug-likeness (QED) is 0.815. The van der Waals surface area contributed by atoms with Gasteiger partial charge in [0.15, 0.2) is 0 Å². The number of thiophene rings is 1. The van der Waals surface area contributed by atoms with Gasteiger partial charge in [0.1, 0.15) is 21.5 Å². The van der Waals surface area contributed by atoms with E-state index in [9.17, 15) is 4.79 Å². The Hall–Kier alpha value is -1.74. The van der Waals surface area contributed by atoms with Gasteiger partial charge in [-0.25, -0.2) is 4.79 Å². The summed E-state index contributed by atoms with van der Waals surface area (Å²) in [6.45, 7) is 2.85. The van der Waals surface area contributed by atoms with Crippen LogP contribution in [0.4, 0.5) is 10.7 Å². The zero-order valence-electron chi connectivity index (χ0n) is 11.6.